The summed E-state index contributed by atoms with van der Waals surface area (Å²) in [4.78, 5) is 28.2. The Balaban J connectivity index is 1.74. The normalized spacial score (nSPS) is 12.0. The fraction of sp³-hybridized carbons (Fsp3) is 0.150. The van der Waals surface area contributed by atoms with E-state index in [4.69, 9.17) is 11.6 Å². The van der Waals surface area contributed by atoms with Gasteiger partial charge < -0.3 is 5.11 Å². The van der Waals surface area contributed by atoms with Crippen LogP contribution in [0.5, 0.6) is 0 Å². The highest BCUT2D eigenvalue weighted by atomic mass is 35.5. The van der Waals surface area contributed by atoms with Gasteiger partial charge in [-0.2, -0.15) is 0 Å². The van der Waals surface area contributed by atoms with Crippen molar-refractivity contribution in [1.29, 1.82) is 0 Å². The number of ketones is 1. The third-order valence-electron chi connectivity index (χ3n) is 4.06. The second-order valence-electron chi connectivity index (χ2n) is 6.13. The number of Topliss-reactive ketones (excluding diaryl/α,β-unsaturated/α-hetero) is 1. The summed E-state index contributed by atoms with van der Waals surface area (Å²) in [5, 5.41) is 12.3. The number of halogens is 3. The molecular formula is C20H14ClF2NO3S. The molecule has 0 aliphatic heterocycles. The summed E-state index contributed by atoms with van der Waals surface area (Å²) in [5.41, 5.74) is 0.939. The third kappa shape index (κ3) is 4.79. The van der Waals surface area contributed by atoms with Crippen LogP contribution in [-0.4, -0.2) is 21.8 Å². The van der Waals surface area contributed by atoms with Gasteiger partial charge in [0.15, 0.2) is 0 Å². The molecule has 1 unspecified atom stereocenters. The molecule has 0 saturated carbocycles. The number of carbonyl (C=O) groups excluding carboxylic acids is 1. The molecule has 2 aromatic carbocycles. The lowest BCUT2D eigenvalue weighted by Gasteiger charge is -2.13. The molecule has 8 heteroatoms. The average Bonchev–Trinajstić information content (AvgIpc) is 3.10. The summed E-state index contributed by atoms with van der Waals surface area (Å²) in [5.74, 6) is -4.91. The maximum Gasteiger partial charge on any atom is 0.311 e. The van der Waals surface area contributed by atoms with Crippen molar-refractivity contribution in [3.05, 3.63) is 75.8 Å². The smallest absolute Gasteiger partial charge is 0.311 e. The van der Waals surface area contributed by atoms with Crippen molar-refractivity contribution >= 4 is 34.7 Å². The van der Waals surface area contributed by atoms with Crippen LogP contribution in [0.4, 0.5) is 8.78 Å². The number of carbonyl (C=O) groups is 2. The lowest BCUT2D eigenvalue weighted by atomic mass is 9.92. The highest BCUT2D eigenvalue weighted by Gasteiger charge is 2.27. The zero-order chi connectivity index (χ0) is 20.3. The standard InChI is InChI=1S/C20H14ClF2NO3S/c21-12-3-1-2-11(6-12)19-24-14(10-28-19)8-15(25)9-17(20(26)27)16-7-13(22)4-5-18(16)23/h1-7,10,17H,8-9H2,(H,26,27). The molecule has 1 atom stereocenters. The number of hydrogen-bond acceptors (Lipinski definition) is 4. The molecule has 0 amide bonds. The van der Waals surface area contributed by atoms with E-state index in [0.717, 1.165) is 23.8 Å². The zero-order valence-electron chi connectivity index (χ0n) is 14.4. The molecule has 0 aliphatic carbocycles. The molecule has 3 rings (SSSR count). The second kappa shape index (κ2) is 8.58. The predicted molar refractivity (Wildman–Crippen MR) is 103 cm³/mol. The Morgan fingerprint density at radius 1 is 1.18 bits per heavy atom. The van der Waals surface area contributed by atoms with E-state index >= 15 is 0 Å². The summed E-state index contributed by atoms with van der Waals surface area (Å²) in [6.45, 7) is 0. The van der Waals surface area contributed by atoms with Crippen molar-refractivity contribution in [2.24, 2.45) is 0 Å². The molecule has 0 radical (unpaired) electrons. The lowest BCUT2D eigenvalue weighted by molar-refractivity contribution is -0.140. The van der Waals surface area contributed by atoms with Gasteiger partial charge in [-0.15, -0.1) is 11.3 Å². The fourth-order valence-corrected chi connectivity index (χ4v) is 3.76. The minimum atomic E-state index is -1.46. The van der Waals surface area contributed by atoms with Gasteiger partial charge in [0, 0.05) is 34.4 Å². The van der Waals surface area contributed by atoms with Crippen molar-refractivity contribution in [3.63, 3.8) is 0 Å². The highest BCUT2D eigenvalue weighted by molar-refractivity contribution is 7.13. The van der Waals surface area contributed by atoms with Gasteiger partial charge in [-0.25, -0.2) is 13.8 Å². The summed E-state index contributed by atoms with van der Waals surface area (Å²) in [7, 11) is 0. The average molecular weight is 422 g/mol. The summed E-state index contributed by atoms with van der Waals surface area (Å²) in [6.07, 6.45) is -0.558. The molecule has 3 aromatic rings. The van der Waals surface area contributed by atoms with Crippen molar-refractivity contribution in [2.45, 2.75) is 18.8 Å². The van der Waals surface area contributed by atoms with Crippen LogP contribution >= 0.6 is 22.9 Å². The Bertz CT molecular complexity index is 1040. The molecule has 4 nitrogen and oxygen atoms in total. The van der Waals surface area contributed by atoms with E-state index in [1.54, 1.807) is 23.6 Å². The van der Waals surface area contributed by atoms with Gasteiger partial charge in [-0.1, -0.05) is 23.7 Å². The molecule has 0 spiro atoms. The number of nitrogens with zero attached hydrogens (tertiary/aromatic N) is 1. The van der Waals surface area contributed by atoms with Crippen LogP contribution in [0.2, 0.25) is 5.02 Å². The van der Waals surface area contributed by atoms with Gasteiger partial charge in [0.2, 0.25) is 0 Å². The first-order valence-electron chi connectivity index (χ1n) is 8.23. The first-order valence-corrected chi connectivity index (χ1v) is 9.49. The van der Waals surface area contributed by atoms with Gasteiger partial charge in [-0.3, -0.25) is 9.59 Å². The predicted octanol–water partition coefficient (Wildman–Crippen LogP) is 5.11. The summed E-state index contributed by atoms with van der Waals surface area (Å²) in [6, 6.07) is 9.66. The monoisotopic (exact) mass is 421 g/mol. The lowest BCUT2D eigenvalue weighted by Crippen LogP contribution is -2.19. The van der Waals surface area contributed by atoms with E-state index < -0.39 is 35.7 Å². The largest absolute Gasteiger partial charge is 0.481 e. The van der Waals surface area contributed by atoms with Crippen LogP contribution in [0, 0.1) is 11.6 Å². The van der Waals surface area contributed by atoms with Gasteiger partial charge in [0.05, 0.1) is 11.6 Å². The molecule has 0 saturated heterocycles. The molecule has 0 bridgehead atoms. The highest BCUT2D eigenvalue weighted by Crippen LogP contribution is 2.28. The van der Waals surface area contributed by atoms with E-state index in [9.17, 15) is 23.5 Å². The molecule has 1 aromatic heterocycles. The summed E-state index contributed by atoms with van der Waals surface area (Å²) < 4.78 is 27.3. The van der Waals surface area contributed by atoms with E-state index in [0.29, 0.717) is 15.7 Å². The molecule has 1 heterocycles. The van der Waals surface area contributed by atoms with Crippen molar-refractivity contribution < 1.29 is 23.5 Å². The molecule has 144 valence electrons. The second-order valence-corrected chi connectivity index (χ2v) is 7.43. The number of aromatic nitrogens is 1. The van der Waals surface area contributed by atoms with E-state index in [1.165, 1.54) is 11.3 Å². The van der Waals surface area contributed by atoms with Crippen LogP contribution in [0.25, 0.3) is 10.6 Å². The van der Waals surface area contributed by atoms with Crippen LogP contribution in [0.1, 0.15) is 23.6 Å². The number of thiazole rings is 1. The number of hydrogen-bond donors (Lipinski definition) is 1. The van der Waals surface area contributed by atoms with Crippen LogP contribution in [0.15, 0.2) is 47.8 Å². The molecule has 0 fully saturated rings. The number of carboxylic acids is 1. The first-order chi connectivity index (χ1) is 13.3. The Morgan fingerprint density at radius 2 is 1.96 bits per heavy atom. The molecule has 1 N–H and O–H groups in total. The van der Waals surface area contributed by atoms with Crippen LogP contribution < -0.4 is 0 Å². The Morgan fingerprint density at radius 3 is 2.68 bits per heavy atom. The zero-order valence-corrected chi connectivity index (χ0v) is 15.9. The van der Waals surface area contributed by atoms with E-state index in [1.807, 2.05) is 6.07 Å². The minimum Gasteiger partial charge on any atom is -0.481 e. The van der Waals surface area contributed by atoms with Gasteiger partial charge in [0.1, 0.15) is 22.4 Å². The minimum absolute atomic E-state index is 0.0994. The maximum absolute atomic E-state index is 13.9. The third-order valence-corrected chi connectivity index (χ3v) is 5.24. The SMILES string of the molecule is O=C(Cc1csc(-c2cccc(Cl)c2)n1)CC(C(=O)O)c1cc(F)ccc1F. The van der Waals surface area contributed by atoms with Gasteiger partial charge in [-0.05, 0) is 30.3 Å². The van der Waals surface area contributed by atoms with Crippen molar-refractivity contribution in [3.8, 4) is 10.6 Å². The number of benzene rings is 2. The van der Waals surface area contributed by atoms with Crippen molar-refractivity contribution in [2.75, 3.05) is 0 Å². The quantitative estimate of drug-likeness (QED) is 0.575. The maximum atomic E-state index is 13.9. The number of aliphatic carboxylic acids is 1. The molecular weight excluding hydrogens is 408 g/mol. The number of rotatable bonds is 7. The topological polar surface area (TPSA) is 67.3 Å². The Kier molecular flexibility index (Phi) is 6.16. The van der Waals surface area contributed by atoms with Crippen LogP contribution in [0.3, 0.4) is 0 Å². The van der Waals surface area contributed by atoms with Gasteiger partial charge in [0.25, 0.3) is 0 Å². The van der Waals surface area contributed by atoms with Crippen LogP contribution in [-0.2, 0) is 16.0 Å². The summed E-state index contributed by atoms with van der Waals surface area (Å²) >= 11 is 7.30. The first kappa shape index (κ1) is 20.1. The Hall–Kier alpha value is -2.64. The van der Waals surface area contributed by atoms with Gasteiger partial charge >= 0.3 is 5.97 Å². The number of carboxylic acid groups (broad SMARTS) is 1. The molecule has 28 heavy (non-hydrogen) atoms. The van der Waals surface area contributed by atoms with Crippen molar-refractivity contribution in [1.82, 2.24) is 4.98 Å². The molecule has 0 aliphatic rings. The Labute approximate surface area is 168 Å². The van der Waals surface area contributed by atoms with E-state index in [2.05, 4.69) is 4.98 Å². The fourth-order valence-electron chi connectivity index (χ4n) is 2.76. The van der Waals surface area contributed by atoms with E-state index in [-0.39, 0.29) is 12.0 Å².